The van der Waals surface area contributed by atoms with Crippen LogP contribution in [0.15, 0.2) is 0 Å². The van der Waals surface area contributed by atoms with Gasteiger partial charge >= 0.3 is 5.97 Å². The van der Waals surface area contributed by atoms with Crippen molar-refractivity contribution in [3.63, 3.8) is 0 Å². The van der Waals surface area contributed by atoms with Gasteiger partial charge in [0.15, 0.2) is 0 Å². The summed E-state index contributed by atoms with van der Waals surface area (Å²) in [5, 5.41) is 0. The normalized spacial score (nSPS) is 36.6. The summed E-state index contributed by atoms with van der Waals surface area (Å²) in [5.74, 6) is 0.711. The average molecular weight is 309 g/mol. The Hall–Kier alpha value is -0.530. The highest BCUT2D eigenvalue weighted by Gasteiger charge is 2.70. The Kier molecular flexibility index (Phi) is 4.48. The second-order valence-corrected chi connectivity index (χ2v) is 9.22. The third-order valence-electron chi connectivity index (χ3n) is 7.68. The zero-order valence-electron chi connectivity index (χ0n) is 15.8. The molecule has 22 heavy (non-hydrogen) atoms. The summed E-state index contributed by atoms with van der Waals surface area (Å²) < 4.78 is 6.39. The van der Waals surface area contributed by atoms with Gasteiger partial charge in [-0.25, -0.2) is 0 Å². The van der Waals surface area contributed by atoms with Crippen molar-refractivity contribution in [1.82, 2.24) is 0 Å². The zero-order chi connectivity index (χ0) is 16.8. The van der Waals surface area contributed by atoms with Crippen LogP contribution in [0.4, 0.5) is 0 Å². The molecular formula is C20H36O2. The summed E-state index contributed by atoms with van der Waals surface area (Å²) in [6.07, 6.45) is 7.75. The van der Waals surface area contributed by atoms with Crippen molar-refractivity contribution in [2.24, 2.45) is 22.2 Å². The summed E-state index contributed by atoms with van der Waals surface area (Å²) in [4.78, 5) is 12.8. The summed E-state index contributed by atoms with van der Waals surface area (Å²) in [6.45, 7) is 15.5. The van der Waals surface area contributed by atoms with Crippen LogP contribution in [0.25, 0.3) is 0 Å². The van der Waals surface area contributed by atoms with E-state index in [1.807, 2.05) is 13.8 Å². The van der Waals surface area contributed by atoms with Gasteiger partial charge in [0.2, 0.25) is 0 Å². The van der Waals surface area contributed by atoms with Crippen LogP contribution < -0.4 is 0 Å². The van der Waals surface area contributed by atoms with Gasteiger partial charge < -0.3 is 4.74 Å². The number of unbranched alkanes of at least 4 members (excludes halogenated alkanes) is 1. The van der Waals surface area contributed by atoms with E-state index in [1.165, 1.54) is 12.8 Å². The molecule has 0 aliphatic heterocycles. The molecule has 2 aliphatic carbocycles. The van der Waals surface area contributed by atoms with E-state index in [0.29, 0.717) is 5.92 Å². The number of ether oxygens (including phenoxy) is 1. The Morgan fingerprint density at radius 3 is 2.27 bits per heavy atom. The maximum absolute atomic E-state index is 12.8. The highest BCUT2D eigenvalue weighted by Crippen LogP contribution is 2.72. The standard InChI is InChI=1S/C20H36O2/c1-8-10-12-20(22-16(21)17(3,4)9-2)14-15-11-13-19(20,7)18(15,5)6/h15H,8-14H2,1-7H3. The maximum atomic E-state index is 12.8. The van der Waals surface area contributed by atoms with Crippen LogP contribution in [-0.2, 0) is 9.53 Å². The monoisotopic (exact) mass is 308 g/mol. The van der Waals surface area contributed by atoms with Gasteiger partial charge in [0, 0.05) is 5.41 Å². The molecule has 0 spiro atoms. The molecule has 2 bridgehead atoms. The third-order valence-corrected chi connectivity index (χ3v) is 7.68. The molecule has 2 saturated carbocycles. The Labute approximate surface area is 137 Å². The molecule has 0 radical (unpaired) electrons. The van der Waals surface area contributed by atoms with Gasteiger partial charge in [-0.05, 0) is 63.7 Å². The number of carbonyl (C=O) groups excluding carboxylic acids is 1. The van der Waals surface area contributed by atoms with E-state index < -0.39 is 0 Å². The molecule has 2 fully saturated rings. The quantitative estimate of drug-likeness (QED) is 0.585. The lowest BCUT2D eigenvalue weighted by Crippen LogP contribution is -2.51. The molecule has 128 valence electrons. The topological polar surface area (TPSA) is 26.3 Å². The molecule has 0 amide bonds. The van der Waals surface area contributed by atoms with E-state index in [1.54, 1.807) is 0 Å². The first kappa shape index (κ1) is 17.8. The molecule has 2 heteroatoms. The predicted octanol–water partition coefficient (Wildman–Crippen LogP) is 5.74. The first-order valence-corrected chi connectivity index (χ1v) is 9.30. The van der Waals surface area contributed by atoms with Crippen molar-refractivity contribution < 1.29 is 9.53 Å². The van der Waals surface area contributed by atoms with Crippen LogP contribution >= 0.6 is 0 Å². The van der Waals surface area contributed by atoms with Gasteiger partial charge in [0.05, 0.1) is 5.41 Å². The molecule has 0 aromatic heterocycles. The smallest absolute Gasteiger partial charge is 0.312 e. The molecule has 0 aromatic carbocycles. The minimum atomic E-state index is -0.373. The van der Waals surface area contributed by atoms with Gasteiger partial charge in [0.25, 0.3) is 0 Å². The Bertz CT molecular complexity index is 437. The minimum Gasteiger partial charge on any atom is -0.458 e. The molecule has 2 rings (SSSR count). The van der Waals surface area contributed by atoms with Crippen LogP contribution in [0.5, 0.6) is 0 Å². The van der Waals surface area contributed by atoms with Crippen LogP contribution in [0.1, 0.15) is 93.4 Å². The van der Waals surface area contributed by atoms with Crippen LogP contribution in [0.3, 0.4) is 0 Å². The highest BCUT2D eigenvalue weighted by atomic mass is 16.6. The fraction of sp³-hybridized carbons (Fsp3) is 0.950. The van der Waals surface area contributed by atoms with Crippen molar-refractivity contribution in [2.75, 3.05) is 0 Å². The van der Waals surface area contributed by atoms with E-state index in [9.17, 15) is 4.79 Å². The average Bonchev–Trinajstić information content (AvgIpc) is 2.77. The molecule has 0 aromatic rings. The van der Waals surface area contributed by atoms with Crippen LogP contribution in [0.2, 0.25) is 0 Å². The third kappa shape index (κ3) is 2.32. The van der Waals surface area contributed by atoms with Crippen molar-refractivity contribution in [1.29, 1.82) is 0 Å². The lowest BCUT2D eigenvalue weighted by molar-refractivity contribution is -0.191. The van der Waals surface area contributed by atoms with Gasteiger partial charge in [-0.2, -0.15) is 0 Å². The number of carbonyl (C=O) groups is 1. The lowest BCUT2D eigenvalue weighted by Gasteiger charge is -2.49. The number of fused-ring (bicyclic) bond motifs is 2. The Balaban J connectivity index is 2.33. The summed E-state index contributed by atoms with van der Waals surface area (Å²) in [5.41, 5.74) is -0.211. The zero-order valence-corrected chi connectivity index (χ0v) is 15.8. The van der Waals surface area contributed by atoms with E-state index in [-0.39, 0.29) is 27.8 Å². The van der Waals surface area contributed by atoms with Crippen LogP contribution in [-0.4, -0.2) is 11.6 Å². The Morgan fingerprint density at radius 1 is 1.23 bits per heavy atom. The molecule has 3 atom stereocenters. The van der Waals surface area contributed by atoms with E-state index in [2.05, 4.69) is 34.6 Å². The summed E-state index contributed by atoms with van der Waals surface area (Å²) in [7, 11) is 0. The first-order valence-electron chi connectivity index (χ1n) is 9.30. The van der Waals surface area contributed by atoms with Gasteiger partial charge in [-0.3, -0.25) is 4.79 Å². The predicted molar refractivity (Wildman–Crippen MR) is 91.6 cm³/mol. The Morgan fingerprint density at radius 2 is 1.86 bits per heavy atom. The molecule has 0 saturated heterocycles. The molecular weight excluding hydrogens is 272 g/mol. The lowest BCUT2D eigenvalue weighted by atomic mass is 9.63. The number of hydrogen-bond donors (Lipinski definition) is 0. The number of esters is 1. The minimum absolute atomic E-state index is 0.00989. The van der Waals surface area contributed by atoms with Crippen LogP contribution in [0, 0.1) is 22.2 Å². The van der Waals surface area contributed by atoms with Crippen molar-refractivity contribution in [3.05, 3.63) is 0 Å². The molecule has 2 aliphatic rings. The molecule has 0 heterocycles. The van der Waals surface area contributed by atoms with E-state index >= 15 is 0 Å². The molecule has 2 nitrogen and oxygen atoms in total. The first-order chi connectivity index (χ1) is 10.1. The second-order valence-electron chi connectivity index (χ2n) is 9.22. The summed E-state index contributed by atoms with van der Waals surface area (Å²) >= 11 is 0. The summed E-state index contributed by atoms with van der Waals surface area (Å²) in [6, 6.07) is 0. The largest absolute Gasteiger partial charge is 0.458 e. The SMILES string of the molecule is CCCCC1(OC(=O)C(C)(C)CC)CC2CCC1(C)C2(C)C. The maximum Gasteiger partial charge on any atom is 0.312 e. The second kappa shape index (κ2) is 5.53. The van der Waals surface area contributed by atoms with Gasteiger partial charge in [-0.15, -0.1) is 0 Å². The molecule has 0 N–H and O–H groups in total. The van der Waals surface area contributed by atoms with Gasteiger partial charge in [0.1, 0.15) is 5.60 Å². The number of hydrogen-bond acceptors (Lipinski definition) is 2. The van der Waals surface area contributed by atoms with E-state index in [0.717, 1.165) is 32.1 Å². The van der Waals surface area contributed by atoms with Crippen molar-refractivity contribution in [2.45, 2.75) is 99.0 Å². The fourth-order valence-corrected chi connectivity index (χ4v) is 4.90. The van der Waals surface area contributed by atoms with Crippen molar-refractivity contribution >= 4 is 5.97 Å². The van der Waals surface area contributed by atoms with Gasteiger partial charge in [-0.1, -0.05) is 41.0 Å². The molecule has 3 unspecified atom stereocenters. The number of rotatable bonds is 6. The van der Waals surface area contributed by atoms with Crippen molar-refractivity contribution in [3.8, 4) is 0 Å². The fourth-order valence-electron chi connectivity index (χ4n) is 4.90. The van der Waals surface area contributed by atoms with E-state index in [4.69, 9.17) is 4.74 Å². The highest BCUT2D eigenvalue weighted by molar-refractivity contribution is 5.76.